The largest absolute Gasteiger partial charge is 0.462 e. The van der Waals surface area contributed by atoms with Crippen LogP contribution in [-0.4, -0.2) is 37.2 Å². The number of hydrogen-bond acceptors (Lipinski definition) is 6. The van der Waals surface area contributed by atoms with E-state index in [1.807, 2.05) is 0 Å². The van der Waals surface area contributed by atoms with E-state index in [2.05, 4.69) is 154 Å². The molecule has 0 heterocycles. The molecule has 0 aromatic carbocycles. The summed E-state index contributed by atoms with van der Waals surface area (Å²) in [5.74, 6) is -1.00. The molecule has 6 heteroatoms. The van der Waals surface area contributed by atoms with Crippen LogP contribution in [0.3, 0.4) is 0 Å². The zero-order valence-electron chi connectivity index (χ0n) is 48.5. The van der Waals surface area contributed by atoms with Crippen molar-refractivity contribution in [3.05, 3.63) is 134 Å². The summed E-state index contributed by atoms with van der Waals surface area (Å²) in [5.41, 5.74) is 0. The van der Waals surface area contributed by atoms with Gasteiger partial charge in [-0.1, -0.05) is 244 Å². The predicted octanol–water partition coefficient (Wildman–Crippen LogP) is 21.0. The van der Waals surface area contributed by atoms with Gasteiger partial charge < -0.3 is 14.2 Å². The molecule has 0 aliphatic heterocycles. The van der Waals surface area contributed by atoms with Crippen LogP contribution < -0.4 is 0 Å². The summed E-state index contributed by atoms with van der Waals surface area (Å²) >= 11 is 0. The third kappa shape index (κ3) is 60.3. The van der Waals surface area contributed by atoms with Crippen molar-refractivity contribution in [3.63, 3.8) is 0 Å². The number of rotatable bonds is 54. The van der Waals surface area contributed by atoms with Gasteiger partial charge >= 0.3 is 17.9 Å². The van der Waals surface area contributed by atoms with E-state index in [4.69, 9.17) is 14.2 Å². The maximum Gasteiger partial charge on any atom is 0.306 e. The van der Waals surface area contributed by atoms with Gasteiger partial charge in [0.2, 0.25) is 0 Å². The molecule has 1 atom stereocenters. The van der Waals surface area contributed by atoms with Gasteiger partial charge in [0.1, 0.15) is 13.2 Å². The van der Waals surface area contributed by atoms with Crippen LogP contribution in [-0.2, 0) is 28.6 Å². The van der Waals surface area contributed by atoms with Crippen molar-refractivity contribution in [2.24, 2.45) is 0 Å². The molecule has 0 fully saturated rings. The highest BCUT2D eigenvalue weighted by atomic mass is 16.6. The van der Waals surface area contributed by atoms with Gasteiger partial charge in [0.25, 0.3) is 0 Å². The summed E-state index contributed by atoms with van der Waals surface area (Å²) in [7, 11) is 0. The fourth-order valence-corrected chi connectivity index (χ4v) is 8.08. The Labute approximate surface area is 462 Å². The van der Waals surface area contributed by atoms with Crippen LogP contribution in [0.4, 0.5) is 0 Å². The van der Waals surface area contributed by atoms with Gasteiger partial charge in [-0.2, -0.15) is 0 Å². The smallest absolute Gasteiger partial charge is 0.306 e. The molecular weight excluding hydrogens is 925 g/mol. The number of ether oxygens (including phenoxy) is 3. The van der Waals surface area contributed by atoms with Crippen LogP contribution in [0, 0.1) is 0 Å². The SMILES string of the molecule is CC/C=C\C/C=C\C/C=C\C/C=C\CCCCC(=O)OCC(COC(=O)CCCCCCCCCCCCCC/C=C\C/C=C\C/C=C\CCCCCCC)OC(=O)CCCC/C=C\C/C=C\C/C=C\C/C=C\CC. The minimum absolute atomic E-state index is 0.113. The number of carbonyl (C=O) groups is 3. The Morgan fingerprint density at radius 2 is 0.520 bits per heavy atom. The second-order valence-electron chi connectivity index (χ2n) is 19.8. The number of hydrogen-bond donors (Lipinski definition) is 0. The number of carbonyl (C=O) groups excluding carboxylic acids is 3. The van der Waals surface area contributed by atoms with Gasteiger partial charge in [0.05, 0.1) is 0 Å². The molecule has 0 aromatic heterocycles. The first kappa shape index (κ1) is 70.5. The Kier molecular flexibility index (Phi) is 58.4. The van der Waals surface area contributed by atoms with Gasteiger partial charge in [-0.05, 0) is 135 Å². The Balaban J connectivity index is 4.38. The molecule has 0 radical (unpaired) electrons. The highest BCUT2D eigenvalue weighted by Crippen LogP contribution is 2.15. The highest BCUT2D eigenvalue weighted by Gasteiger charge is 2.19. The lowest BCUT2D eigenvalue weighted by Gasteiger charge is -2.18. The molecule has 0 bridgehead atoms. The molecule has 424 valence electrons. The van der Waals surface area contributed by atoms with E-state index in [-0.39, 0.29) is 37.5 Å². The number of unbranched alkanes of at least 4 members (excludes halogenated alkanes) is 21. The van der Waals surface area contributed by atoms with Crippen molar-refractivity contribution in [2.75, 3.05) is 13.2 Å². The van der Waals surface area contributed by atoms with E-state index in [0.29, 0.717) is 25.7 Å². The third-order valence-corrected chi connectivity index (χ3v) is 12.6. The maximum atomic E-state index is 12.8. The van der Waals surface area contributed by atoms with E-state index >= 15 is 0 Å². The van der Waals surface area contributed by atoms with Crippen LogP contribution in [0.1, 0.15) is 265 Å². The van der Waals surface area contributed by atoms with E-state index < -0.39 is 6.10 Å². The molecule has 0 amide bonds. The van der Waals surface area contributed by atoms with Crippen LogP contribution in [0.25, 0.3) is 0 Å². The second kappa shape index (κ2) is 62.1. The zero-order chi connectivity index (χ0) is 54.3. The molecule has 0 spiro atoms. The predicted molar refractivity (Wildman–Crippen MR) is 325 cm³/mol. The van der Waals surface area contributed by atoms with E-state index in [1.165, 1.54) is 103 Å². The average molecular weight is 1040 g/mol. The normalized spacial score (nSPS) is 13.1. The fraction of sp³-hybridized carbons (Fsp3) is 0.638. The topological polar surface area (TPSA) is 78.9 Å². The molecule has 0 aliphatic carbocycles. The Morgan fingerprint density at radius 1 is 0.280 bits per heavy atom. The number of allylic oxidation sites excluding steroid dienone is 22. The van der Waals surface area contributed by atoms with E-state index in [0.717, 1.165) is 109 Å². The van der Waals surface area contributed by atoms with Gasteiger partial charge in [-0.15, -0.1) is 0 Å². The van der Waals surface area contributed by atoms with Crippen LogP contribution >= 0.6 is 0 Å². The molecule has 6 nitrogen and oxygen atoms in total. The second-order valence-corrected chi connectivity index (χ2v) is 19.8. The molecule has 0 saturated heterocycles. The maximum absolute atomic E-state index is 12.8. The average Bonchev–Trinajstić information content (AvgIpc) is 3.41. The number of esters is 3. The summed E-state index contributed by atoms with van der Waals surface area (Å²) in [6, 6.07) is 0. The fourth-order valence-electron chi connectivity index (χ4n) is 8.08. The summed E-state index contributed by atoms with van der Waals surface area (Å²) < 4.78 is 16.8. The summed E-state index contributed by atoms with van der Waals surface area (Å²) in [5, 5.41) is 0. The molecule has 0 aliphatic rings. The summed E-state index contributed by atoms with van der Waals surface area (Å²) in [4.78, 5) is 38.2. The van der Waals surface area contributed by atoms with Crippen LogP contribution in [0.5, 0.6) is 0 Å². The molecule has 0 rings (SSSR count). The molecule has 1 unspecified atom stereocenters. The van der Waals surface area contributed by atoms with Crippen LogP contribution in [0.15, 0.2) is 134 Å². The first-order valence-corrected chi connectivity index (χ1v) is 30.7. The highest BCUT2D eigenvalue weighted by molar-refractivity contribution is 5.71. The Hall–Kier alpha value is -4.45. The monoisotopic (exact) mass is 1040 g/mol. The lowest BCUT2D eigenvalue weighted by Crippen LogP contribution is -2.30. The Morgan fingerprint density at radius 3 is 0.840 bits per heavy atom. The third-order valence-electron chi connectivity index (χ3n) is 12.6. The standard InChI is InChI=1S/C69H112O6/c1-4-7-10-13-16-19-22-25-28-29-30-31-32-33-34-35-36-37-38-39-42-44-47-50-53-56-59-62-68(71)74-65-66(75-69(72)63-60-57-54-51-48-45-41-27-24-21-18-15-12-9-6-3)64-73-67(70)61-58-55-52-49-46-43-40-26-23-20-17-14-11-8-5-2/h8-9,11-12,17-18,20-22,25-27,29-30,32-33,40-41,46,48-49,51,66H,4-7,10,13-16,19,23-24,28,31,34-39,42-45,47,50,52-65H2,1-3H3/b11-8-,12-9-,20-17-,21-18-,25-22-,30-29-,33-32-,40-26-,41-27-,49-46-,51-48-. The minimum Gasteiger partial charge on any atom is -0.462 e. The zero-order valence-corrected chi connectivity index (χ0v) is 48.5. The van der Waals surface area contributed by atoms with Crippen molar-refractivity contribution in [3.8, 4) is 0 Å². The Bertz CT molecular complexity index is 1620. The lowest BCUT2D eigenvalue weighted by molar-refractivity contribution is -0.167. The van der Waals surface area contributed by atoms with Gasteiger partial charge in [-0.3, -0.25) is 14.4 Å². The molecule has 75 heavy (non-hydrogen) atoms. The first-order chi connectivity index (χ1) is 37.0. The van der Waals surface area contributed by atoms with Crippen molar-refractivity contribution < 1.29 is 28.6 Å². The first-order valence-electron chi connectivity index (χ1n) is 30.7. The van der Waals surface area contributed by atoms with E-state index in [1.54, 1.807) is 0 Å². The van der Waals surface area contributed by atoms with Crippen molar-refractivity contribution in [2.45, 2.75) is 271 Å². The van der Waals surface area contributed by atoms with Gasteiger partial charge in [0, 0.05) is 19.3 Å². The lowest BCUT2D eigenvalue weighted by atomic mass is 10.0. The van der Waals surface area contributed by atoms with Crippen molar-refractivity contribution >= 4 is 17.9 Å². The summed E-state index contributed by atoms with van der Waals surface area (Å²) in [6.07, 6.45) is 87.5. The molecule has 0 saturated carbocycles. The summed E-state index contributed by atoms with van der Waals surface area (Å²) in [6.45, 7) is 6.33. The van der Waals surface area contributed by atoms with Gasteiger partial charge in [-0.25, -0.2) is 0 Å². The van der Waals surface area contributed by atoms with Crippen molar-refractivity contribution in [1.29, 1.82) is 0 Å². The molecule has 0 aromatic rings. The van der Waals surface area contributed by atoms with Crippen molar-refractivity contribution in [1.82, 2.24) is 0 Å². The minimum atomic E-state index is -0.823. The van der Waals surface area contributed by atoms with E-state index in [9.17, 15) is 14.4 Å². The molecule has 0 N–H and O–H groups in total. The quantitative estimate of drug-likeness (QED) is 0.0261. The van der Waals surface area contributed by atoms with Gasteiger partial charge in [0.15, 0.2) is 6.10 Å². The van der Waals surface area contributed by atoms with Crippen LogP contribution in [0.2, 0.25) is 0 Å². The molecular formula is C69H112O6.